The van der Waals surface area contributed by atoms with E-state index in [9.17, 15) is 0 Å². The molecule has 100 valence electrons. The van der Waals surface area contributed by atoms with Crippen LogP contribution < -0.4 is 5.73 Å². The highest BCUT2D eigenvalue weighted by Crippen LogP contribution is 2.21. The van der Waals surface area contributed by atoms with Crippen LogP contribution in [0.3, 0.4) is 0 Å². The summed E-state index contributed by atoms with van der Waals surface area (Å²) in [4.78, 5) is 6.76. The Hall–Kier alpha value is -0.730. The molecule has 0 aromatic carbocycles. The molecule has 0 aliphatic carbocycles. The first-order valence-corrected chi connectivity index (χ1v) is 7.18. The molecule has 1 atom stereocenters. The minimum Gasteiger partial charge on any atom is -0.370 e. The van der Waals surface area contributed by atoms with E-state index in [1.54, 1.807) is 0 Å². The molecule has 1 aliphatic rings. The lowest BCUT2D eigenvalue weighted by Crippen LogP contribution is -2.38. The summed E-state index contributed by atoms with van der Waals surface area (Å²) in [6.07, 6.45) is 6.59. The first kappa shape index (κ1) is 14.3. The predicted molar refractivity (Wildman–Crippen MR) is 75.1 cm³/mol. The molecule has 0 amide bonds. The molecule has 0 bridgehead atoms. The van der Waals surface area contributed by atoms with Gasteiger partial charge in [0.15, 0.2) is 5.96 Å². The van der Waals surface area contributed by atoms with Crippen LogP contribution in [0.25, 0.3) is 0 Å². The lowest BCUT2D eigenvalue weighted by Gasteiger charge is -2.21. The molecule has 0 aromatic heterocycles. The van der Waals surface area contributed by atoms with E-state index >= 15 is 0 Å². The van der Waals surface area contributed by atoms with Gasteiger partial charge in [-0.2, -0.15) is 0 Å². The third-order valence-corrected chi connectivity index (χ3v) is 3.49. The Morgan fingerprint density at radius 1 is 1.35 bits per heavy atom. The average molecular weight is 239 g/mol. The van der Waals surface area contributed by atoms with Crippen LogP contribution >= 0.6 is 0 Å². The molecular weight excluding hydrogens is 210 g/mol. The van der Waals surface area contributed by atoms with Crippen LogP contribution in [-0.4, -0.2) is 30.5 Å². The number of likely N-dealkylation sites (tertiary alicyclic amines) is 1. The zero-order valence-electron chi connectivity index (χ0n) is 11.8. The molecule has 2 N–H and O–H groups in total. The van der Waals surface area contributed by atoms with Crippen molar-refractivity contribution in [2.24, 2.45) is 22.6 Å². The molecule has 0 saturated carbocycles. The first-order chi connectivity index (χ1) is 8.13. The van der Waals surface area contributed by atoms with Crippen molar-refractivity contribution < 1.29 is 0 Å². The Kier molecular flexibility index (Phi) is 6.38. The molecule has 1 fully saturated rings. The molecule has 1 rings (SSSR count). The van der Waals surface area contributed by atoms with Gasteiger partial charge < -0.3 is 10.6 Å². The van der Waals surface area contributed by atoms with Crippen molar-refractivity contribution in [2.45, 2.75) is 52.9 Å². The van der Waals surface area contributed by atoms with E-state index in [0.29, 0.717) is 5.92 Å². The van der Waals surface area contributed by atoms with Gasteiger partial charge in [0.1, 0.15) is 0 Å². The van der Waals surface area contributed by atoms with Gasteiger partial charge in [-0.05, 0) is 31.1 Å². The summed E-state index contributed by atoms with van der Waals surface area (Å²) < 4.78 is 0. The molecule has 1 saturated heterocycles. The summed E-state index contributed by atoms with van der Waals surface area (Å²) in [5, 5.41) is 0. The zero-order chi connectivity index (χ0) is 12.7. The second-order valence-corrected chi connectivity index (χ2v) is 5.67. The Morgan fingerprint density at radius 3 is 2.76 bits per heavy atom. The highest BCUT2D eigenvalue weighted by Gasteiger charge is 2.17. The van der Waals surface area contributed by atoms with Crippen LogP contribution in [0.4, 0.5) is 0 Å². The predicted octanol–water partition coefficient (Wildman–Crippen LogP) is 2.86. The van der Waals surface area contributed by atoms with Crippen LogP contribution in [0.2, 0.25) is 0 Å². The number of rotatable bonds is 4. The second-order valence-electron chi connectivity index (χ2n) is 5.67. The molecule has 1 heterocycles. The van der Waals surface area contributed by atoms with Gasteiger partial charge >= 0.3 is 0 Å². The van der Waals surface area contributed by atoms with Crippen molar-refractivity contribution in [3.05, 3.63) is 0 Å². The van der Waals surface area contributed by atoms with Crippen LogP contribution in [0.15, 0.2) is 4.99 Å². The van der Waals surface area contributed by atoms with Gasteiger partial charge in [-0.15, -0.1) is 0 Å². The Morgan fingerprint density at radius 2 is 2.12 bits per heavy atom. The smallest absolute Gasteiger partial charge is 0.191 e. The van der Waals surface area contributed by atoms with Gasteiger partial charge in [0.2, 0.25) is 0 Å². The number of nitrogens with zero attached hydrogens (tertiary/aromatic N) is 2. The highest BCUT2D eigenvalue weighted by atomic mass is 15.2. The van der Waals surface area contributed by atoms with Crippen LogP contribution in [0.1, 0.15) is 52.9 Å². The molecule has 17 heavy (non-hydrogen) atoms. The van der Waals surface area contributed by atoms with Crippen molar-refractivity contribution in [3.63, 3.8) is 0 Å². The lowest BCUT2D eigenvalue weighted by atomic mass is 9.96. The molecule has 0 radical (unpaired) electrons. The fraction of sp³-hybridized carbons (Fsp3) is 0.929. The third kappa shape index (κ3) is 5.42. The molecule has 3 heteroatoms. The van der Waals surface area contributed by atoms with E-state index in [0.717, 1.165) is 31.5 Å². The summed E-state index contributed by atoms with van der Waals surface area (Å²) in [5.41, 5.74) is 6.06. The maximum atomic E-state index is 6.06. The third-order valence-electron chi connectivity index (χ3n) is 3.49. The topological polar surface area (TPSA) is 41.6 Å². The Balaban J connectivity index is 2.42. The number of guanidine groups is 1. The normalized spacial score (nSPS) is 22.9. The van der Waals surface area contributed by atoms with Gasteiger partial charge in [0.25, 0.3) is 0 Å². The van der Waals surface area contributed by atoms with Crippen molar-refractivity contribution in [1.82, 2.24) is 4.90 Å². The van der Waals surface area contributed by atoms with Crippen molar-refractivity contribution >= 4 is 5.96 Å². The summed E-state index contributed by atoms with van der Waals surface area (Å²) >= 11 is 0. The zero-order valence-corrected chi connectivity index (χ0v) is 11.8. The largest absolute Gasteiger partial charge is 0.370 e. The van der Waals surface area contributed by atoms with E-state index in [1.807, 2.05) is 0 Å². The summed E-state index contributed by atoms with van der Waals surface area (Å²) in [5.74, 6) is 2.26. The van der Waals surface area contributed by atoms with Crippen LogP contribution in [0.5, 0.6) is 0 Å². The van der Waals surface area contributed by atoms with Gasteiger partial charge in [-0.3, -0.25) is 4.99 Å². The number of hydrogen-bond donors (Lipinski definition) is 1. The number of nitrogens with two attached hydrogens (primary N) is 1. The van der Waals surface area contributed by atoms with Gasteiger partial charge in [-0.1, -0.05) is 33.6 Å². The quantitative estimate of drug-likeness (QED) is 0.605. The minimum atomic E-state index is 0.591. The standard InChI is InChI=1S/C14H29N3/c1-4-6-13-7-5-9-17(10-8-13)14(15)16-11-12(2)3/h12-13H,4-11H2,1-3H3,(H2,15,16). The maximum absolute atomic E-state index is 6.06. The van der Waals surface area contributed by atoms with Gasteiger partial charge in [0, 0.05) is 19.6 Å². The number of aliphatic imine (C=N–C) groups is 1. The van der Waals surface area contributed by atoms with E-state index in [2.05, 4.69) is 30.7 Å². The Bertz CT molecular complexity index is 236. The van der Waals surface area contributed by atoms with Gasteiger partial charge in [0.05, 0.1) is 0 Å². The van der Waals surface area contributed by atoms with Crippen LogP contribution in [0, 0.1) is 11.8 Å². The van der Waals surface area contributed by atoms with Crippen molar-refractivity contribution in [2.75, 3.05) is 19.6 Å². The minimum absolute atomic E-state index is 0.591. The first-order valence-electron chi connectivity index (χ1n) is 7.18. The molecule has 1 aliphatic heterocycles. The van der Waals surface area contributed by atoms with E-state index in [4.69, 9.17) is 5.73 Å². The summed E-state index contributed by atoms with van der Waals surface area (Å²) in [6, 6.07) is 0. The molecule has 1 unspecified atom stereocenters. The summed E-state index contributed by atoms with van der Waals surface area (Å²) in [7, 11) is 0. The highest BCUT2D eigenvalue weighted by molar-refractivity contribution is 5.78. The SMILES string of the molecule is CCCC1CCCN(C(N)=NCC(C)C)CC1. The maximum Gasteiger partial charge on any atom is 0.191 e. The van der Waals surface area contributed by atoms with Crippen molar-refractivity contribution in [1.29, 1.82) is 0 Å². The fourth-order valence-corrected chi connectivity index (χ4v) is 2.47. The Labute approximate surface area is 106 Å². The van der Waals surface area contributed by atoms with E-state index < -0.39 is 0 Å². The molecule has 3 nitrogen and oxygen atoms in total. The molecule has 0 aromatic rings. The van der Waals surface area contributed by atoms with Gasteiger partial charge in [-0.25, -0.2) is 0 Å². The van der Waals surface area contributed by atoms with E-state index in [-0.39, 0.29) is 0 Å². The van der Waals surface area contributed by atoms with Crippen molar-refractivity contribution in [3.8, 4) is 0 Å². The monoisotopic (exact) mass is 239 g/mol. The molecule has 0 spiro atoms. The molecular formula is C14H29N3. The second kappa shape index (κ2) is 7.57. The number of hydrogen-bond acceptors (Lipinski definition) is 1. The summed E-state index contributed by atoms with van der Waals surface area (Å²) in [6.45, 7) is 9.67. The van der Waals surface area contributed by atoms with E-state index in [1.165, 1.54) is 32.1 Å². The van der Waals surface area contributed by atoms with Crippen LogP contribution in [-0.2, 0) is 0 Å². The fourth-order valence-electron chi connectivity index (χ4n) is 2.47. The average Bonchev–Trinajstić information content (AvgIpc) is 2.52. The lowest BCUT2D eigenvalue weighted by molar-refractivity contribution is 0.398.